The fourth-order valence-electron chi connectivity index (χ4n) is 3.64. The number of halogens is 1. The van der Waals surface area contributed by atoms with E-state index < -0.39 is 0 Å². The molecular weight excluding hydrogens is 332 g/mol. The number of nitrogens with two attached hydrogens (primary N) is 1. The predicted octanol–water partition coefficient (Wildman–Crippen LogP) is 3.87. The van der Waals surface area contributed by atoms with Gasteiger partial charge in [0, 0.05) is 24.9 Å². The van der Waals surface area contributed by atoms with E-state index in [1.807, 2.05) is 36.4 Å². The summed E-state index contributed by atoms with van der Waals surface area (Å²) in [4.78, 5) is 12.3. The first-order valence-corrected chi connectivity index (χ1v) is 8.86. The van der Waals surface area contributed by atoms with Crippen LogP contribution in [-0.2, 0) is 4.79 Å². The second-order valence-electron chi connectivity index (χ2n) is 6.74. The molecule has 1 saturated carbocycles. The highest BCUT2D eigenvalue weighted by atomic mass is 35.5. The minimum atomic E-state index is 0. The lowest BCUT2D eigenvalue weighted by molar-refractivity contribution is -0.122. The molecule has 1 fully saturated rings. The van der Waals surface area contributed by atoms with Gasteiger partial charge in [-0.3, -0.25) is 4.79 Å². The van der Waals surface area contributed by atoms with Crippen LogP contribution in [0.25, 0.3) is 0 Å². The smallest absolute Gasteiger partial charge is 0.220 e. The Hall–Kier alpha value is -1.84. The second-order valence-corrected chi connectivity index (χ2v) is 6.74. The van der Waals surface area contributed by atoms with E-state index >= 15 is 0 Å². The Balaban J connectivity index is 0.00000225. The van der Waals surface area contributed by atoms with Gasteiger partial charge in [-0.2, -0.15) is 0 Å². The van der Waals surface area contributed by atoms with Crippen LogP contribution in [0.15, 0.2) is 60.7 Å². The molecule has 0 unspecified atom stereocenters. The third-order valence-electron chi connectivity index (χ3n) is 5.07. The van der Waals surface area contributed by atoms with Crippen molar-refractivity contribution in [2.45, 2.75) is 37.6 Å². The summed E-state index contributed by atoms with van der Waals surface area (Å²) < 4.78 is 0. The number of amides is 1. The molecule has 134 valence electrons. The molecular formula is C21H27ClN2O. The summed E-state index contributed by atoms with van der Waals surface area (Å²) in [6.07, 6.45) is 3.83. The number of hydrogen-bond acceptors (Lipinski definition) is 2. The molecule has 3 rings (SSSR count). The lowest BCUT2D eigenvalue weighted by atomic mass is 9.91. The van der Waals surface area contributed by atoms with Crippen LogP contribution in [0.1, 0.15) is 42.7 Å². The Morgan fingerprint density at radius 3 is 2.04 bits per heavy atom. The van der Waals surface area contributed by atoms with Crippen molar-refractivity contribution in [1.82, 2.24) is 5.32 Å². The first-order valence-electron chi connectivity index (χ1n) is 8.86. The average molecular weight is 359 g/mol. The first kappa shape index (κ1) is 19.5. The van der Waals surface area contributed by atoms with E-state index in [9.17, 15) is 4.79 Å². The fourth-order valence-corrected chi connectivity index (χ4v) is 3.64. The minimum absolute atomic E-state index is 0. The van der Waals surface area contributed by atoms with Gasteiger partial charge < -0.3 is 11.1 Å². The Labute approximate surface area is 156 Å². The number of rotatable bonds is 6. The molecule has 1 aliphatic carbocycles. The van der Waals surface area contributed by atoms with Crippen molar-refractivity contribution in [3.05, 3.63) is 71.8 Å². The van der Waals surface area contributed by atoms with Crippen molar-refractivity contribution in [2.24, 2.45) is 11.7 Å². The molecule has 0 aromatic heterocycles. The second kappa shape index (κ2) is 9.59. The third-order valence-corrected chi connectivity index (χ3v) is 5.07. The minimum Gasteiger partial charge on any atom is -0.355 e. The molecule has 0 bridgehead atoms. The van der Waals surface area contributed by atoms with E-state index in [0.717, 1.165) is 19.3 Å². The summed E-state index contributed by atoms with van der Waals surface area (Å²) in [5, 5.41) is 3.13. The molecule has 1 amide bonds. The zero-order valence-electron chi connectivity index (χ0n) is 14.4. The van der Waals surface area contributed by atoms with Gasteiger partial charge in [0.05, 0.1) is 0 Å². The van der Waals surface area contributed by atoms with Gasteiger partial charge in [-0.15, -0.1) is 12.4 Å². The van der Waals surface area contributed by atoms with Gasteiger partial charge >= 0.3 is 0 Å². The van der Waals surface area contributed by atoms with Crippen molar-refractivity contribution < 1.29 is 4.79 Å². The molecule has 3 N–H and O–H groups in total. The van der Waals surface area contributed by atoms with Gasteiger partial charge in [0.25, 0.3) is 0 Å². The summed E-state index contributed by atoms with van der Waals surface area (Å²) in [7, 11) is 0. The zero-order chi connectivity index (χ0) is 16.8. The highest BCUT2D eigenvalue weighted by Gasteiger charge is 2.26. The largest absolute Gasteiger partial charge is 0.355 e. The van der Waals surface area contributed by atoms with Gasteiger partial charge in [0.2, 0.25) is 5.91 Å². The maximum absolute atomic E-state index is 12.3. The van der Waals surface area contributed by atoms with E-state index in [-0.39, 0.29) is 30.3 Å². The van der Waals surface area contributed by atoms with Crippen LogP contribution in [0, 0.1) is 5.92 Å². The average Bonchev–Trinajstić information content (AvgIpc) is 3.02. The Morgan fingerprint density at radius 2 is 1.56 bits per heavy atom. The molecule has 0 saturated heterocycles. The van der Waals surface area contributed by atoms with E-state index in [1.165, 1.54) is 11.1 Å². The molecule has 2 aromatic carbocycles. The van der Waals surface area contributed by atoms with Gasteiger partial charge in [-0.25, -0.2) is 0 Å². The van der Waals surface area contributed by atoms with Gasteiger partial charge in [-0.05, 0) is 29.9 Å². The zero-order valence-corrected chi connectivity index (χ0v) is 15.3. The third kappa shape index (κ3) is 5.32. The van der Waals surface area contributed by atoms with E-state index in [0.29, 0.717) is 18.9 Å². The maximum atomic E-state index is 12.3. The summed E-state index contributed by atoms with van der Waals surface area (Å²) in [6, 6.07) is 20.9. The van der Waals surface area contributed by atoms with Crippen LogP contribution < -0.4 is 11.1 Å². The number of benzene rings is 2. The summed E-state index contributed by atoms with van der Waals surface area (Å²) in [5.74, 6) is 0.639. The SMILES string of the molecule is Cl.N[C@@H]1CCC[C@H]1CC(=O)NCC(c1ccccc1)c1ccccc1. The van der Waals surface area contributed by atoms with Crippen molar-refractivity contribution >= 4 is 18.3 Å². The molecule has 4 heteroatoms. The van der Waals surface area contributed by atoms with Crippen LogP contribution in [-0.4, -0.2) is 18.5 Å². The van der Waals surface area contributed by atoms with Gasteiger partial charge in [0.1, 0.15) is 0 Å². The Morgan fingerprint density at radius 1 is 1.00 bits per heavy atom. The van der Waals surface area contributed by atoms with Crippen LogP contribution in [0.3, 0.4) is 0 Å². The first-order chi connectivity index (χ1) is 11.7. The molecule has 0 aliphatic heterocycles. The van der Waals surface area contributed by atoms with E-state index in [4.69, 9.17) is 5.73 Å². The van der Waals surface area contributed by atoms with Crippen LogP contribution in [0.5, 0.6) is 0 Å². The number of carbonyl (C=O) groups excluding carboxylic acids is 1. The molecule has 1 aliphatic rings. The standard InChI is InChI=1S/C21H26N2O.ClH/c22-20-13-7-12-18(20)14-21(24)23-15-19(16-8-3-1-4-9-16)17-10-5-2-6-11-17;/h1-6,8-11,18-20H,7,12-15,22H2,(H,23,24);1H/t18-,20+;/m0./s1. The molecule has 2 aromatic rings. The fraction of sp³-hybridized carbons (Fsp3) is 0.381. The maximum Gasteiger partial charge on any atom is 0.220 e. The normalized spacial score (nSPS) is 19.4. The van der Waals surface area contributed by atoms with Crippen molar-refractivity contribution in [3.8, 4) is 0 Å². The predicted molar refractivity (Wildman–Crippen MR) is 105 cm³/mol. The summed E-state index contributed by atoms with van der Waals surface area (Å²) in [5.41, 5.74) is 8.53. The summed E-state index contributed by atoms with van der Waals surface area (Å²) >= 11 is 0. The van der Waals surface area contributed by atoms with Crippen LogP contribution in [0.4, 0.5) is 0 Å². The van der Waals surface area contributed by atoms with Crippen LogP contribution in [0.2, 0.25) is 0 Å². The van der Waals surface area contributed by atoms with E-state index in [1.54, 1.807) is 0 Å². The lowest BCUT2D eigenvalue weighted by Crippen LogP contribution is -2.33. The summed E-state index contributed by atoms with van der Waals surface area (Å²) in [6.45, 7) is 0.620. The molecule has 3 nitrogen and oxygen atoms in total. The molecule has 2 atom stereocenters. The Bertz CT molecular complexity index is 608. The number of nitrogens with one attached hydrogen (secondary N) is 1. The van der Waals surface area contributed by atoms with Gasteiger partial charge in [-0.1, -0.05) is 67.1 Å². The highest BCUT2D eigenvalue weighted by molar-refractivity contribution is 5.85. The number of hydrogen-bond donors (Lipinski definition) is 2. The van der Waals surface area contributed by atoms with E-state index in [2.05, 4.69) is 29.6 Å². The monoisotopic (exact) mass is 358 g/mol. The molecule has 25 heavy (non-hydrogen) atoms. The van der Waals surface area contributed by atoms with Crippen LogP contribution >= 0.6 is 12.4 Å². The molecule has 0 heterocycles. The molecule has 0 spiro atoms. The topological polar surface area (TPSA) is 55.1 Å². The molecule has 0 radical (unpaired) electrons. The lowest BCUT2D eigenvalue weighted by Gasteiger charge is -2.20. The van der Waals surface area contributed by atoms with Gasteiger partial charge in [0.15, 0.2) is 0 Å². The quantitative estimate of drug-likeness (QED) is 0.823. The van der Waals surface area contributed by atoms with Crippen molar-refractivity contribution in [1.29, 1.82) is 0 Å². The van der Waals surface area contributed by atoms with Crippen molar-refractivity contribution in [3.63, 3.8) is 0 Å². The number of carbonyl (C=O) groups is 1. The Kier molecular flexibility index (Phi) is 7.48. The highest BCUT2D eigenvalue weighted by Crippen LogP contribution is 2.27. The van der Waals surface area contributed by atoms with Crippen molar-refractivity contribution in [2.75, 3.05) is 6.54 Å².